The summed E-state index contributed by atoms with van der Waals surface area (Å²) in [4.78, 5) is 0. The lowest BCUT2D eigenvalue weighted by atomic mass is 9.76. The van der Waals surface area contributed by atoms with E-state index in [2.05, 4.69) is 47.1 Å². The first-order chi connectivity index (χ1) is 10.1. The lowest BCUT2D eigenvalue weighted by Crippen LogP contribution is -2.37. The number of aryl methyl sites for hydroxylation is 1. The van der Waals surface area contributed by atoms with Crippen LogP contribution in [0.2, 0.25) is 0 Å². The van der Waals surface area contributed by atoms with E-state index >= 15 is 0 Å². The van der Waals surface area contributed by atoms with Crippen LogP contribution in [0.3, 0.4) is 0 Å². The van der Waals surface area contributed by atoms with Crippen LogP contribution in [0, 0.1) is 0 Å². The molecule has 2 N–H and O–H groups in total. The molecule has 0 saturated carbocycles. The highest BCUT2D eigenvalue weighted by Gasteiger charge is 2.33. The zero-order valence-electron chi connectivity index (χ0n) is 12.2. The number of hydrogen-bond donors (Lipinski definition) is 2. The van der Waals surface area contributed by atoms with Crippen LogP contribution in [0.4, 0.5) is 0 Å². The summed E-state index contributed by atoms with van der Waals surface area (Å²) in [7, 11) is 0. The maximum atomic E-state index is 9.94. The number of benzene rings is 2. The van der Waals surface area contributed by atoms with Crippen molar-refractivity contribution in [2.75, 3.05) is 13.2 Å². The van der Waals surface area contributed by atoms with Gasteiger partial charge in [0.15, 0.2) is 0 Å². The van der Waals surface area contributed by atoms with Gasteiger partial charge in [0.25, 0.3) is 0 Å². The van der Waals surface area contributed by atoms with E-state index in [0.29, 0.717) is 6.42 Å². The van der Waals surface area contributed by atoms with Gasteiger partial charge >= 0.3 is 0 Å². The third-order valence-corrected chi connectivity index (χ3v) is 4.72. The summed E-state index contributed by atoms with van der Waals surface area (Å²) >= 11 is 3.53. The molecule has 2 aromatic rings. The summed E-state index contributed by atoms with van der Waals surface area (Å²) in [5, 5.41) is 19.9. The Morgan fingerprint density at radius 2 is 1.48 bits per heavy atom. The third-order valence-electron chi connectivity index (χ3n) is 4.02. The summed E-state index contributed by atoms with van der Waals surface area (Å²) in [5.74, 6) is 0. The second-order valence-corrected chi connectivity index (χ2v) is 6.28. The Morgan fingerprint density at radius 3 is 2.00 bits per heavy atom. The molecule has 2 rings (SSSR count). The van der Waals surface area contributed by atoms with Gasteiger partial charge in [-0.2, -0.15) is 0 Å². The van der Waals surface area contributed by atoms with Crippen molar-refractivity contribution < 1.29 is 10.2 Å². The van der Waals surface area contributed by atoms with E-state index in [1.54, 1.807) is 0 Å². The van der Waals surface area contributed by atoms with Crippen LogP contribution in [0.1, 0.15) is 23.6 Å². The van der Waals surface area contributed by atoms with Crippen LogP contribution in [-0.4, -0.2) is 23.4 Å². The molecule has 0 aromatic heterocycles. The quantitative estimate of drug-likeness (QED) is 0.838. The molecule has 0 spiro atoms. The highest BCUT2D eigenvalue weighted by Crippen LogP contribution is 2.33. The minimum absolute atomic E-state index is 0.0956. The zero-order chi connectivity index (χ0) is 15.3. The van der Waals surface area contributed by atoms with Gasteiger partial charge in [0.05, 0.1) is 13.2 Å². The molecule has 0 bridgehead atoms. The van der Waals surface area contributed by atoms with Crippen molar-refractivity contribution in [3.63, 3.8) is 0 Å². The standard InChI is InChI=1S/C18H21BrO2/c1-2-14-7-9-15(10-8-14)11-18(12-20,13-21)16-5-3-4-6-17(16)19/h3-10,20-21H,2,11-13H2,1H3. The van der Waals surface area contributed by atoms with E-state index in [-0.39, 0.29) is 13.2 Å². The zero-order valence-corrected chi connectivity index (χ0v) is 13.8. The van der Waals surface area contributed by atoms with Gasteiger partial charge in [0.2, 0.25) is 0 Å². The molecule has 0 unspecified atom stereocenters. The Bertz CT molecular complexity index is 574. The number of rotatable bonds is 6. The molecular formula is C18H21BrO2. The Morgan fingerprint density at radius 1 is 0.905 bits per heavy atom. The molecule has 2 nitrogen and oxygen atoms in total. The van der Waals surface area contributed by atoms with Crippen LogP contribution >= 0.6 is 15.9 Å². The van der Waals surface area contributed by atoms with Gasteiger partial charge in [-0.1, -0.05) is 65.3 Å². The molecule has 2 aromatic carbocycles. The average Bonchev–Trinajstić information content (AvgIpc) is 2.54. The molecule has 112 valence electrons. The molecule has 0 radical (unpaired) electrons. The number of aliphatic hydroxyl groups excluding tert-OH is 2. The fraction of sp³-hybridized carbons (Fsp3) is 0.333. The highest BCUT2D eigenvalue weighted by atomic mass is 79.9. The van der Waals surface area contributed by atoms with Crippen molar-refractivity contribution in [1.29, 1.82) is 0 Å². The first-order valence-corrected chi connectivity index (χ1v) is 7.99. The van der Waals surface area contributed by atoms with Crippen LogP contribution in [0.15, 0.2) is 53.0 Å². The molecular weight excluding hydrogens is 328 g/mol. The lowest BCUT2D eigenvalue weighted by molar-refractivity contribution is 0.115. The molecule has 0 atom stereocenters. The Balaban J connectivity index is 2.36. The molecule has 0 amide bonds. The Labute approximate surface area is 134 Å². The van der Waals surface area contributed by atoms with E-state index in [0.717, 1.165) is 22.0 Å². The predicted octanol–water partition coefficient (Wildman–Crippen LogP) is 3.48. The maximum Gasteiger partial charge on any atom is 0.0553 e. The SMILES string of the molecule is CCc1ccc(CC(CO)(CO)c2ccccc2Br)cc1. The van der Waals surface area contributed by atoms with Gasteiger partial charge < -0.3 is 10.2 Å². The van der Waals surface area contributed by atoms with Gasteiger partial charge in [-0.15, -0.1) is 0 Å². The fourth-order valence-corrected chi connectivity index (χ4v) is 3.31. The van der Waals surface area contributed by atoms with Crippen LogP contribution in [0.5, 0.6) is 0 Å². The topological polar surface area (TPSA) is 40.5 Å². The summed E-state index contributed by atoms with van der Waals surface area (Å²) in [6.07, 6.45) is 1.61. The highest BCUT2D eigenvalue weighted by molar-refractivity contribution is 9.10. The Kier molecular flexibility index (Phi) is 5.57. The van der Waals surface area contributed by atoms with Gasteiger partial charge in [-0.05, 0) is 35.6 Å². The van der Waals surface area contributed by atoms with Crippen LogP contribution in [-0.2, 0) is 18.3 Å². The first-order valence-electron chi connectivity index (χ1n) is 7.20. The summed E-state index contributed by atoms with van der Waals surface area (Å²) < 4.78 is 0.915. The van der Waals surface area contributed by atoms with Crippen molar-refractivity contribution in [3.8, 4) is 0 Å². The van der Waals surface area contributed by atoms with Gasteiger partial charge in [-0.25, -0.2) is 0 Å². The van der Waals surface area contributed by atoms with E-state index < -0.39 is 5.41 Å². The van der Waals surface area contributed by atoms with Crippen molar-refractivity contribution in [1.82, 2.24) is 0 Å². The summed E-state index contributed by atoms with van der Waals surface area (Å²) in [5.41, 5.74) is 2.67. The largest absolute Gasteiger partial charge is 0.395 e. The molecule has 0 heterocycles. The first kappa shape index (κ1) is 16.2. The average molecular weight is 349 g/mol. The molecule has 0 saturated heterocycles. The second kappa shape index (κ2) is 7.21. The van der Waals surface area contributed by atoms with Gasteiger partial charge in [-0.3, -0.25) is 0 Å². The molecule has 0 aliphatic carbocycles. The summed E-state index contributed by atoms with van der Waals surface area (Å²) in [6, 6.07) is 16.1. The van der Waals surface area contributed by atoms with Crippen molar-refractivity contribution in [2.45, 2.75) is 25.2 Å². The molecule has 0 aliphatic rings. The minimum atomic E-state index is -0.673. The van der Waals surface area contributed by atoms with Crippen molar-refractivity contribution >= 4 is 15.9 Å². The van der Waals surface area contributed by atoms with Crippen LogP contribution < -0.4 is 0 Å². The molecule has 21 heavy (non-hydrogen) atoms. The number of aliphatic hydroxyl groups is 2. The number of hydrogen-bond acceptors (Lipinski definition) is 2. The monoisotopic (exact) mass is 348 g/mol. The third kappa shape index (κ3) is 3.54. The van der Waals surface area contributed by atoms with Crippen molar-refractivity contribution in [3.05, 3.63) is 69.7 Å². The van der Waals surface area contributed by atoms with Gasteiger partial charge in [0, 0.05) is 9.89 Å². The van der Waals surface area contributed by atoms with E-state index in [4.69, 9.17) is 0 Å². The second-order valence-electron chi connectivity index (χ2n) is 5.42. The summed E-state index contributed by atoms with van der Waals surface area (Å²) in [6.45, 7) is 1.94. The number of halogens is 1. The Hall–Kier alpha value is -1.16. The van der Waals surface area contributed by atoms with E-state index in [1.807, 2.05) is 24.3 Å². The normalized spacial score (nSPS) is 11.6. The predicted molar refractivity (Wildman–Crippen MR) is 89.5 cm³/mol. The van der Waals surface area contributed by atoms with Crippen molar-refractivity contribution in [2.24, 2.45) is 0 Å². The fourth-order valence-electron chi connectivity index (χ4n) is 2.60. The van der Waals surface area contributed by atoms with Gasteiger partial charge in [0.1, 0.15) is 0 Å². The van der Waals surface area contributed by atoms with E-state index in [9.17, 15) is 10.2 Å². The smallest absolute Gasteiger partial charge is 0.0553 e. The maximum absolute atomic E-state index is 9.94. The molecule has 3 heteroatoms. The molecule has 0 fully saturated rings. The molecule has 0 aliphatic heterocycles. The minimum Gasteiger partial charge on any atom is -0.395 e. The van der Waals surface area contributed by atoms with E-state index in [1.165, 1.54) is 5.56 Å². The lowest BCUT2D eigenvalue weighted by Gasteiger charge is -2.31. The van der Waals surface area contributed by atoms with Crippen LogP contribution in [0.25, 0.3) is 0 Å².